The van der Waals surface area contributed by atoms with Crippen molar-refractivity contribution in [2.24, 2.45) is 0 Å². The lowest BCUT2D eigenvalue weighted by Crippen LogP contribution is -2.45. The highest BCUT2D eigenvalue weighted by molar-refractivity contribution is 6.30. The van der Waals surface area contributed by atoms with Gasteiger partial charge in [0.1, 0.15) is 11.9 Å². The van der Waals surface area contributed by atoms with Gasteiger partial charge in [0.05, 0.1) is 11.1 Å². The van der Waals surface area contributed by atoms with E-state index >= 15 is 0 Å². The van der Waals surface area contributed by atoms with Crippen LogP contribution in [-0.2, 0) is 4.79 Å². The normalized spacial score (nSPS) is 17.5. The summed E-state index contributed by atoms with van der Waals surface area (Å²) in [7, 11) is 0. The maximum atomic E-state index is 12.9. The quantitative estimate of drug-likeness (QED) is 0.571. The molecule has 2 heterocycles. The lowest BCUT2D eigenvalue weighted by molar-refractivity contribution is -0.119. The van der Waals surface area contributed by atoms with Crippen molar-refractivity contribution in [2.75, 3.05) is 30.3 Å². The Balaban J connectivity index is 1.64. The standard InChI is InChI=1S/C23H28ClN5O4/c1-3-11-28(4-2)22(32)15-5-8-17(9-6-15)26-21(31)19-12-18(30)14-29(19)23(33)27-20-10-7-16(24)13-25-20/h5-10,13,18-19,30H,3-4,11-12,14H2,1-2H3,(H,26,31)(H,25,27,33)/t18-,19-/m1/s1. The fraction of sp³-hybridized carbons (Fsp3) is 0.391. The van der Waals surface area contributed by atoms with Crippen LogP contribution in [0.3, 0.4) is 0 Å². The fourth-order valence-electron chi connectivity index (χ4n) is 3.70. The molecule has 0 aliphatic carbocycles. The highest BCUT2D eigenvalue weighted by Gasteiger charge is 2.39. The average Bonchev–Trinajstić information content (AvgIpc) is 3.21. The molecule has 1 aromatic carbocycles. The molecule has 3 rings (SSSR count). The number of carbonyl (C=O) groups excluding carboxylic acids is 3. The smallest absolute Gasteiger partial charge is 0.323 e. The van der Waals surface area contributed by atoms with Crippen molar-refractivity contribution in [3.8, 4) is 0 Å². The van der Waals surface area contributed by atoms with Crippen molar-refractivity contribution in [2.45, 2.75) is 38.8 Å². The van der Waals surface area contributed by atoms with E-state index in [-0.39, 0.29) is 24.7 Å². The van der Waals surface area contributed by atoms with E-state index in [1.54, 1.807) is 41.3 Å². The summed E-state index contributed by atoms with van der Waals surface area (Å²) >= 11 is 5.81. The Hall–Kier alpha value is -3.17. The summed E-state index contributed by atoms with van der Waals surface area (Å²) in [4.78, 5) is 45.2. The van der Waals surface area contributed by atoms with Gasteiger partial charge in [-0.05, 0) is 49.7 Å². The Morgan fingerprint density at radius 1 is 1.15 bits per heavy atom. The van der Waals surface area contributed by atoms with E-state index in [1.165, 1.54) is 11.1 Å². The summed E-state index contributed by atoms with van der Waals surface area (Å²) in [6.07, 6.45) is 1.57. The zero-order valence-electron chi connectivity index (χ0n) is 18.6. The summed E-state index contributed by atoms with van der Waals surface area (Å²) in [5, 5.41) is 15.9. The first-order chi connectivity index (χ1) is 15.8. The second-order valence-electron chi connectivity index (χ2n) is 7.80. The van der Waals surface area contributed by atoms with Crippen molar-refractivity contribution < 1.29 is 19.5 Å². The van der Waals surface area contributed by atoms with Crippen LogP contribution in [-0.4, -0.2) is 69.5 Å². The molecule has 1 aromatic heterocycles. The molecule has 9 nitrogen and oxygen atoms in total. The van der Waals surface area contributed by atoms with Crippen LogP contribution in [0.1, 0.15) is 37.0 Å². The van der Waals surface area contributed by atoms with Crippen molar-refractivity contribution in [3.63, 3.8) is 0 Å². The Labute approximate surface area is 197 Å². The van der Waals surface area contributed by atoms with Crippen LogP contribution in [0, 0.1) is 0 Å². The van der Waals surface area contributed by atoms with Crippen molar-refractivity contribution >= 4 is 41.0 Å². The zero-order chi connectivity index (χ0) is 24.0. The third kappa shape index (κ3) is 6.21. The van der Waals surface area contributed by atoms with Gasteiger partial charge in [-0.25, -0.2) is 9.78 Å². The van der Waals surface area contributed by atoms with Crippen LogP contribution in [0.2, 0.25) is 5.02 Å². The number of β-amino-alcohol motifs (C(OH)–C–C–N with tert-alkyl or cyclic N) is 1. The largest absolute Gasteiger partial charge is 0.391 e. The number of amides is 4. The van der Waals surface area contributed by atoms with Gasteiger partial charge >= 0.3 is 6.03 Å². The van der Waals surface area contributed by atoms with Gasteiger partial charge in [-0.15, -0.1) is 0 Å². The maximum Gasteiger partial charge on any atom is 0.323 e. The molecule has 176 valence electrons. The molecule has 0 saturated carbocycles. The molecule has 1 aliphatic rings. The SMILES string of the molecule is CCCN(CC)C(=O)c1ccc(NC(=O)[C@H]2C[C@@H](O)CN2C(=O)Nc2ccc(Cl)cn2)cc1. The van der Waals surface area contributed by atoms with Gasteiger partial charge in [-0.1, -0.05) is 18.5 Å². The minimum absolute atomic E-state index is 0.0230. The third-order valence-corrected chi connectivity index (χ3v) is 5.59. The number of nitrogens with zero attached hydrogens (tertiary/aromatic N) is 3. The number of aliphatic hydroxyl groups is 1. The van der Waals surface area contributed by atoms with Gasteiger partial charge in [0.2, 0.25) is 5.91 Å². The first-order valence-corrected chi connectivity index (χ1v) is 11.3. The Bertz CT molecular complexity index is 983. The monoisotopic (exact) mass is 473 g/mol. The van der Waals surface area contributed by atoms with Crippen LogP contribution in [0.5, 0.6) is 0 Å². The van der Waals surface area contributed by atoms with E-state index in [4.69, 9.17) is 11.6 Å². The van der Waals surface area contributed by atoms with E-state index in [1.807, 2.05) is 13.8 Å². The minimum Gasteiger partial charge on any atom is -0.391 e. The number of aliphatic hydroxyl groups excluding tert-OH is 1. The van der Waals surface area contributed by atoms with Crippen LogP contribution < -0.4 is 10.6 Å². The third-order valence-electron chi connectivity index (χ3n) is 5.37. The average molecular weight is 474 g/mol. The summed E-state index contributed by atoms with van der Waals surface area (Å²) in [5.74, 6) is -0.199. The molecule has 0 bridgehead atoms. The number of likely N-dealkylation sites (tertiary alicyclic amines) is 1. The molecule has 1 fully saturated rings. The van der Waals surface area contributed by atoms with E-state index in [9.17, 15) is 19.5 Å². The van der Waals surface area contributed by atoms with Crippen LogP contribution in [0.4, 0.5) is 16.3 Å². The van der Waals surface area contributed by atoms with Gasteiger partial charge in [0, 0.05) is 43.5 Å². The van der Waals surface area contributed by atoms with Gasteiger partial charge < -0.3 is 20.2 Å². The van der Waals surface area contributed by atoms with Crippen molar-refractivity contribution in [1.82, 2.24) is 14.8 Å². The highest BCUT2D eigenvalue weighted by Crippen LogP contribution is 2.22. The molecule has 0 spiro atoms. The number of benzene rings is 1. The predicted molar refractivity (Wildman–Crippen MR) is 126 cm³/mol. The number of anilines is 2. The molecule has 4 amide bonds. The van der Waals surface area contributed by atoms with E-state index in [0.29, 0.717) is 29.4 Å². The molecule has 1 saturated heterocycles. The molecule has 0 radical (unpaired) electrons. The molecule has 3 N–H and O–H groups in total. The van der Waals surface area contributed by atoms with Gasteiger partial charge in [0.15, 0.2) is 0 Å². The van der Waals surface area contributed by atoms with Crippen LogP contribution in [0.15, 0.2) is 42.6 Å². The molecule has 0 unspecified atom stereocenters. The number of hydrogen-bond donors (Lipinski definition) is 3. The lowest BCUT2D eigenvalue weighted by atomic mass is 10.1. The second-order valence-corrected chi connectivity index (χ2v) is 8.24. The molecule has 33 heavy (non-hydrogen) atoms. The van der Waals surface area contributed by atoms with E-state index in [2.05, 4.69) is 15.6 Å². The van der Waals surface area contributed by atoms with Crippen LogP contribution >= 0.6 is 11.6 Å². The van der Waals surface area contributed by atoms with E-state index < -0.39 is 24.1 Å². The van der Waals surface area contributed by atoms with Crippen LogP contribution in [0.25, 0.3) is 0 Å². The predicted octanol–water partition coefficient (Wildman–Crippen LogP) is 3.21. The summed E-state index contributed by atoms with van der Waals surface area (Å²) in [6.45, 7) is 5.28. The molecular formula is C23H28ClN5O4. The van der Waals surface area contributed by atoms with E-state index in [0.717, 1.165) is 6.42 Å². The van der Waals surface area contributed by atoms with Gasteiger partial charge in [-0.3, -0.25) is 14.9 Å². The molecule has 1 aliphatic heterocycles. The maximum absolute atomic E-state index is 12.9. The zero-order valence-corrected chi connectivity index (χ0v) is 19.4. The van der Waals surface area contributed by atoms with Crippen molar-refractivity contribution in [1.29, 1.82) is 0 Å². The number of pyridine rings is 1. The Morgan fingerprint density at radius 3 is 2.48 bits per heavy atom. The minimum atomic E-state index is -0.853. The first kappa shape index (κ1) is 24.5. The number of carbonyl (C=O) groups is 3. The summed E-state index contributed by atoms with van der Waals surface area (Å²) in [5.41, 5.74) is 1.03. The molecule has 2 atom stereocenters. The van der Waals surface area contributed by atoms with Gasteiger partial charge in [0.25, 0.3) is 5.91 Å². The van der Waals surface area contributed by atoms with Gasteiger partial charge in [-0.2, -0.15) is 0 Å². The number of rotatable bonds is 7. The molecule has 2 aromatic rings. The molecular weight excluding hydrogens is 446 g/mol. The number of aromatic nitrogens is 1. The topological polar surface area (TPSA) is 115 Å². The second kappa shape index (κ2) is 11.1. The fourth-order valence-corrected chi connectivity index (χ4v) is 3.81. The molecule has 10 heteroatoms. The Kier molecular flexibility index (Phi) is 8.24. The number of hydrogen-bond acceptors (Lipinski definition) is 5. The number of nitrogens with one attached hydrogen (secondary N) is 2. The first-order valence-electron chi connectivity index (χ1n) is 10.9. The van der Waals surface area contributed by atoms with Crippen molar-refractivity contribution in [3.05, 3.63) is 53.2 Å². The summed E-state index contributed by atoms with van der Waals surface area (Å²) < 4.78 is 0. The number of halogens is 1. The lowest BCUT2D eigenvalue weighted by Gasteiger charge is -2.24. The Morgan fingerprint density at radius 2 is 1.88 bits per heavy atom. The summed E-state index contributed by atoms with van der Waals surface area (Å²) in [6, 6.07) is 8.37. The highest BCUT2D eigenvalue weighted by atomic mass is 35.5. The number of urea groups is 1.